The lowest BCUT2D eigenvalue weighted by Crippen LogP contribution is -2.27. The molecule has 4 nitrogen and oxygen atoms in total. The minimum atomic E-state index is -0.0224. The van der Waals surface area contributed by atoms with E-state index >= 15 is 0 Å². The Kier molecular flexibility index (Phi) is 4.82. The van der Waals surface area contributed by atoms with Crippen molar-refractivity contribution in [1.29, 1.82) is 0 Å². The molecule has 0 saturated carbocycles. The third kappa shape index (κ3) is 3.34. The number of anilines is 1. The molecule has 2 aromatic rings. The Labute approximate surface area is 125 Å². The number of para-hydroxylation sites is 2. The van der Waals surface area contributed by atoms with Gasteiger partial charge in [0.25, 0.3) is 5.91 Å². The quantitative estimate of drug-likeness (QED) is 0.917. The Morgan fingerprint density at radius 2 is 1.81 bits per heavy atom. The molecule has 0 aliphatic rings. The molecule has 0 atom stereocenters. The first-order chi connectivity index (χ1) is 10.2. The van der Waals surface area contributed by atoms with E-state index in [-0.39, 0.29) is 5.91 Å². The minimum absolute atomic E-state index is 0.0224. The van der Waals surface area contributed by atoms with Gasteiger partial charge in [0.1, 0.15) is 5.75 Å². The van der Waals surface area contributed by atoms with Crippen LogP contribution < -0.4 is 10.1 Å². The molecule has 2 rings (SSSR count). The molecule has 0 aromatic heterocycles. The fourth-order valence-electron chi connectivity index (χ4n) is 2.25. The number of hydrogen-bond acceptors (Lipinski definition) is 3. The number of nitrogens with zero attached hydrogens (tertiary/aromatic N) is 1. The van der Waals surface area contributed by atoms with Crippen molar-refractivity contribution < 1.29 is 9.53 Å². The second-order valence-corrected chi connectivity index (χ2v) is 4.77. The number of benzene rings is 2. The first-order valence-electron chi connectivity index (χ1n) is 6.81. The molecule has 0 fully saturated rings. The molecule has 1 N–H and O–H groups in total. The van der Waals surface area contributed by atoms with Crippen LogP contribution in [-0.4, -0.2) is 32.0 Å². The van der Waals surface area contributed by atoms with Gasteiger partial charge in [-0.1, -0.05) is 30.3 Å². The van der Waals surface area contributed by atoms with Gasteiger partial charge >= 0.3 is 0 Å². The highest BCUT2D eigenvalue weighted by molar-refractivity contribution is 5.99. The van der Waals surface area contributed by atoms with E-state index in [4.69, 9.17) is 4.74 Å². The van der Waals surface area contributed by atoms with Crippen LogP contribution in [0.25, 0.3) is 0 Å². The Morgan fingerprint density at radius 3 is 2.52 bits per heavy atom. The van der Waals surface area contributed by atoms with Gasteiger partial charge in [0, 0.05) is 31.9 Å². The van der Waals surface area contributed by atoms with Crippen molar-refractivity contribution >= 4 is 11.6 Å². The minimum Gasteiger partial charge on any atom is -0.496 e. The number of nitrogens with one attached hydrogen (secondary N) is 1. The Bertz CT molecular complexity index is 626. The Hall–Kier alpha value is -2.49. The van der Waals surface area contributed by atoms with Gasteiger partial charge in [-0.05, 0) is 18.2 Å². The monoisotopic (exact) mass is 284 g/mol. The maximum atomic E-state index is 12.6. The summed E-state index contributed by atoms with van der Waals surface area (Å²) in [5.74, 6) is 0.768. The van der Waals surface area contributed by atoms with Crippen LogP contribution in [0, 0.1) is 0 Å². The van der Waals surface area contributed by atoms with Crippen molar-refractivity contribution in [3.05, 3.63) is 59.7 Å². The zero-order chi connectivity index (χ0) is 15.2. The average molecular weight is 284 g/mol. The van der Waals surface area contributed by atoms with Gasteiger partial charge in [0.2, 0.25) is 0 Å². The summed E-state index contributed by atoms with van der Waals surface area (Å²) in [7, 11) is 5.24. The normalized spacial score (nSPS) is 10.0. The summed E-state index contributed by atoms with van der Waals surface area (Å²) in [5.41, 5.74) is 2.48. The standard InChI is InChI=1S/C17H20N2O2/c1-18-15-10-6-5-9-14(15)17(20)19(2)12-13-8-4-7-11-16(13)21-3/h4-11,18H,12H2,1-3H3. The number of amides is 1. The summed E-state index contributed by atoms with van der Waals surface area (Å²) < 4.78 is 5.33. The van der Waals surface area contributed by atoms with Gasteiger partial charge in [-0.15, -0.1) is 0 Å². The van der Waals surface area contributed by atoms with E-state index in [0.717, 1.165) is 17.0 Å². The van der Waals surface area contributed by atoms with E-state index in [0.29, 0.717) is 12.1 Å². The highest BCUT2D eigenvalue weighted by atomic mass is 16.5. The Balaban J connectivity index is 2.20. The molecule has 0 bridgehead atoms. The summed E-state index contributed by atoms with van der Waals surface area (Å²) in [5, 5.41) is 3.05. The molecule has 0 aliphatic heterocycles. The zero-order valence-electron chi connectivity index (χ0n) is 12.6. The summed E-state index contributed by atoms with van der Waals surface area (Å²) >= 11 is 0. The summed E-state index contributed by atoms with van der Waals surface area (Å²) in [6.45, 7) is 0.501. The molecule has 0 radical (unpaired) electrons. The van der Waals surface area contributed by atoms with E-state index in [1.54, 1.807) is 19.1 Å². The molecule has 0 spiro atoms. The van der Waals surface area contributed by atoms with Crippen LogP contribution in [0.15, 0.2) is 48.5 Å². The lowest BCUT2D eigenvalue weighted by molar-refractivity contribution is 0.0785. The molecule has 21 heavy (non-hydrogen) atoms. The van der Waals surface area contributed by atoms with Gasteiger partial charge < -0.3 is 15.0 Å². The molecule has 110 valence electrons. The van der Waals surface area contributed by atoms with Gasteiger partial charge in [-0.3, -0.25) is 4.79 Å². The molecule has 0 aliphatic carbocycles. The summed E-state index contributed by atoms with van der Waals surface area (Å²) in [4.78, 5) is 14.3. The van der Waals surface area contributed by atoms with Crippen LogP contribution in [0.2, 0.25) is 0 Å². The molecule has 2 aromatic carbocycles. The van der Waals surface area contributed by atoms with Crippen LogP contribution >= 0.6 is 0 Å². The molecular weight excluding hydrogens is 264 g/mol. The van der Waals surface area contributed by atoms with Gasteiger partial charge in [0.15, 0.2) is 0 Å². The predicted molar refractivity (Wildman–Crippen MR) is 84.8 cm³/mol. The van der Waals surface area contributed by atoms with E-state index in [1.807, 2.05) is 55.6 Å². The molecule has 0 unspecified atom stereocenters. The van der Waals surface area contributed by atoms with Crippen LogP contribution in [0.4, 0.5) is 5.69 Å². The van der Waals surface area contributed by atoms with E-state index in [2.05, 4.69) is 5.32 Å². The SMILES string of the molecule is CNc1ccccc1C(=O)N(C)Cc1ccccc1OC. The number of hydrogen-bond donors (Lipinski definition) is 1. The molecule has 0 heterocycles. The van der Waals surface area contributed by atoms with E-state index < -0.39 is 0 Å². The first-order valence-corrected chi connectivity index (χ1v) is 6.81. The van der Waals surface area contributed by atoms with Crippen LogP contribution in [0.1, 0.15) is 15.9 Å². The molecule has 0 saturated heterocycles. The van der Waals surface area contributed by atoms with Gasteiger partial charge in [-0.2, -0.15) is 0 Å². The molecule has 1 amide bonds. The lowest BCUT2D eigenvalue weighted by Gasteiger charge is -2.20. The number of methoxy groups -OCH3 is 1. The fourth-order valence-corrected chi connectivity index (χ4v) is 2.25. The van der Waals surface area contributed by atoms with E-state index in [9.17, 15) is 4.79 Å². The van der Waals surface area contributed by atoms with Crippen molar-refractivity contribution in [2.75, 3.05) is 26.5 Å². The first kappa shape index (κ1) is 14.9. The number of carbonyl (C=O) groups excluding carboxylic acids is 1. The van der Waals surface area contributed by atoms with Crippen molar-refractivity contribution in [2.45, 2.75) is 6.54 Å². The summed E-state index contributed by atoms with van der Waals surface area (Å²) in [6, 6.07) is 15.2. The lowest BCUT2D eigenvalue weighted by atomic mass is 10.1. The molecular formula is C17H20N2O2. The van der Waals surface area contributed by atoms with Crippen LogP contribution in [0.5, 0.6) is 5.75 Å². The van der Waals surface area contributed by atoms with Gasteiger partial charge in [0.05, 0.1) is 12.7 Å². The second-order valence-electron chi connectivity index (χ2n) is 4.77. The number of rotatable bonds is 5. The van der Waals surface area contributed by atoms with Crippen molar-refractivity contribution in [3.63, 3.8) is 0 Å². The third-order valence-electron chi connectivity index (χ3n) is 3.37. The fraction of sp³-hybridized carbons (Fsp3) is 0.235. The van der Waals surface area contributed by atoms with Crippen molar-refractivity contribution in [1.82, 2.24) is 4.90 Å². The predicted octanol–water partition coefficient (Wildman–Crippen LogP) is 3.01. The van der Waals surface area contributed by atoms with Gasteiger partial charge in [-0.25, -0.2) is 0 Å². The molecule has 4 heteroatoms. The summed E-state index contributed by atoms with van der Waals surface area (Å²) in [6.07, 6.45) is 0. The highest BCUT2D eigenvalue weighted by Crippen LogP contribution is 2.21. The maximum Gasteiger partial charge on any atom is 0.255 e. The van der Waals surface area contributed by atoms with Crippen molar-refractivity contribution in [3.8, 4) is 5.75 Å². The average Bonchev–Trinajstić information content (AvgIpc) is 2.54. The largest absolute Gasteiger partial charge is 0.496 e. The smallest absolute Gasteiger partial charge is 0.255 e. The number of carbonyl (C=O) groups is 1. The van der Waals surface area contributed by atoms with E-state index in [1.165, 1.54) is 0 Å². The van der Waals surface area contributed by atoms with Crippen LogP contribution in [0.3, 0.4) is 0 Å². The van der Waals surface area contributed by atoms with Crippen molar-refractivity contribution in [2.24, 2.45) is 0 Å². The van der Waals surface area contributed by atoms with Crippen LogP contribution in [-0.2, 0) is 6.54 Å². The maximum absolute atomic E-state index is 12.6. The second kappa shape index (κ2) is 6.79. The highest BCUT2D eigenvalue weighted by Gasteiger charge is 2.16. The third-order valence-corrected chi connectivity index (χ3v) is 3.37. The number of ether oxygens (including phenoxy) is 1. The zero-order valence-corrected chi connectivity index (χ0v) is 12.6. The Morgan fingerprint density at radius 1 is 1.14 bits per heavy atom. The topological polar surface area (TPSA) is 41.6 Å².